The molecule has 2 N–H and O–H groups in total. The van der Waals surface area contributed by atoms with Gasteiger partial charge in [-0.05, 0) is 24.3 Å². The van der Waals surface area contributed by atoms with Gasteiger partial charge in [-0.1, -0.05) is 41.4 Å². The summed E-state index contributed by atoms with van der Waals surface area (Å²) in [4.78, 5) is 11.9. The van der Waals surface area contributed by atoms with E-state index in [2.05, 4.69) is 5.32 Å². The minimum absolute atomic E-state index is 0.0423. The molecule has 0 aliphatic carbocycles. The molecule has 2 rings (SSSR count). The van der Waals surface area contributed by atoms with Gasteiger partial charge in [0.2, 0.25) is 0 Å². The fraction of sp³-hybridized carbons (Fsp3) is 0. The van der Waals surface area contributed by atoms with Crippen LogP contribution in [0.1, 0.15) is 10.4 Å². The molecule has 92 valence electrons. The van der Waals surface area contributed by atoms with Crippen molar-refractivity contribution in [2.45, 2.75) is 0 Å². The molecule has 0 saturated carbocycles. The molecule has 0 aliphatic rings. The van der Waals surface area contributed by atoms with Crippen LogP contribution in [-0.2, 0) is 0 Å². The Morgan fingerprint density at radius 3 is 2.17 bits per heavy atom. The molecule has 2 aromatic rings. The first-order valence-corrected chi connectivity index (χ1v) is 5.88. The zero-order chi connectivity index (χ0) is 13.1. The summed E-state index contributed by atoms with van der Waals surface area (Å²) < 4.78 is 0. The Morgan fingerprint density at radius 1 is 1.06 bits per heavy atom. The van der Waals surface area contributed by atoms with E-state index in [0.717, 1.165) is 0 Å². The highest BCUT2D eigenvalue weighted by Gasteiger charge is 2.12. The van der Waals surface area contributed by atoms with Crippen molar-refractivity contribution in [1.29, 1.82) is 0 Å². The van der Waals surface area contributed by atoms with E-state index < -0.39 is 0 Å². The maximum Gasteiger partial charge on any atom is 0.255 e. The number of phenols is 1. The van der Waals surface area contributed by atoms with Crippen molar-refractivity contribution >= 4 is 34.8 Å². The van der Waals surface area contributed by atoms with Gasteiger partial charge in [-0.25, -0.2) is 0 Å². The van der Waals surface area contributed by atoms with Crippen LogP contribution in [0.25, 0.3) is 0 Å². The van der Waals surface area contributed by atoms with Crippen molar-refractivity contribution in [2.24, 2.45) is 0 Å². The molecule has 0 aliphatic heterocycles. The predicted octanol–water partition coefficient (Wildman–Crippen LogP) is 3.95. The summed E-state index contributed by atoms with van der Waals surface area (Å²) in [6, 6.07) is 11.7. The summed E-state index contributed by atoms with van der Waals surface area (Å²) in [5, 5.41) is 12.2. The van der Waals surface area contributed by atoms with E-state index in [4.69, 9.17) is 23.2 Å². The Labute approximate surface area is 114 Å². The molecule has 5 heteroatoms. The molecule has 0 saturated heterocycles. The maximum atomic E-state index is 11.9. The van der Waals surface area contributed by atoms with Crippen molar-refractivity contribution in [1.82, 2.24) is 0 Å². The van der Waals surface area contributed by atoms with Gasteiger partial charge in [0.05, 0.1) is 10.0 Å². The summed E-state index contributed by atoms with van der Waals surface area (Å²) in [5.41, 5.74) is 0.953. The first-order chi connectivity index (χ1) is 8.58. The van der Waals surface area contributed by atoms with Crippen LogP contribution in [0, 0.1) is 0 Å². The normalized spacial score (nSPS) is 10.1. The van der Waals surface area contributed by atoms with Gasteiger partial charge in [-0.15, -0.1) is 0 Å². The van der Waals surface area contributed by atoms with Gasteiger partial charge in [0.25, 0.3) is 5.91 Å². The Balaban J connectivity index is 2.25. The number of hydrogen-bond acceptors (Lipinski definition) is 2. The van der Waals surface area contributed by atoms with Crippen LogP contribution in [0.2, 0.25) is 10.0 Å². The third kappa shape index (κ3) is 2.75. The quantitative estimate of drug-likeness (QED) is 0.876. The predicted molar refractivity (Wildman–Crippen MR) is 72.5 cm³/mol. The van der Waals surface area contributed by atoms with Crippen molar-refractivity contribution < 1.29 is 9.90 Å². The summed E-state index contributed by atoms with van der Waals surface area (Å²) in [6.45, 7) is 0. The topological polar surface area (TPSA) is 49.3 Å². The number of para-hydroxylation sites is 1. The highest BCUT2D eigenvalue weighted by atomic mass is 35.5. The van der Waals surface area contributed by atoms with Crippen LogP contribution in [0.4, 0.5) is 5.69 Å². The molecule has 0 heterocycles. The number of nitrogens with one attached hydrogen (secondary N) is 1. The lowest BCUT2D eigenvalue weighted by molar-refractivity contribution is 0.102. The van der Waals surface area contributed by atoms with Crippen LogP contribution < -0.4 is 5.32 Å². The summed E-state index contributed by atoms with van der Waals surface area (Å²) in [7, 11) is 0. The minimum Gasteiger partial charge on any atom is -0.505 e. The lowest BCUT2D eigenvalue weighted by Gasteiger charge is -2.07. The van der Waals surface area contributed by atoms with E-state index in [-0.39, 0.29) is 27.3 Å². The van der Waals surface area contributed by atoms with Crippen LogP contribution in [0.15, 0.2) is 42.5 Å². The Kier molecular flexibility index (Phi) is 3.75. The molecule has 0 spiro atoms. The Bertz CT molecular complexity index is 562. The van der Waals surface area contributed by atoms with Gasteiger partial charge in [0.1, 0.15) is 0 Å². The minimum atomic E-state index is -0.343. The van der Waals surface area contributed by atoms with Crippen LogP contribution in [-0.4, -0.2) is 11.0 Å². The molecule has 0 bridgehead atoms. The number of phenolic OH excluding ortho intramolecular Hbond substituents is 1. The van der Waals surface area contributed by atoms with E-state index in [0.29, 0.717) is 5.69 Å². The van der Waals surface area contributed by atoms with E-state index in [1.807, 2.05) is 18.2 Å². The second kappa shape index (κ2) is 5.29. The van der Waals surface area contributed by atoms with Gasteiger partial charge in [0.15, 0.2) is 5.75 Å². The molecular weight excluding hydrogens is 273 g/mol. The molecule has 2 aromatic carbocycles. The van der Waals surface area contributed by atoms with Gasteiger partial charge >= 0.3 is 0 Å². The molecule has 1 amide bonds. The Hall–Kier alpha value is -1.71. The van der Waals surface area contributed by atoms with E-state index in [1.54, 1.807) is 12.1 Å². The largest absolute Gasteiger partial charge is 0.505 e. The number of carbonyl (C=O) groups is 1. The first-order valence-electron chi connectivity index (χ1n) is 5.12. The molecule has 18 heavy (non-hydrogen) atoms. The van der Waals surface area contributed by atoms with Gasteiger partial charge in [-0.2, -0.15) is 0 Å². The molecule has 0 unspecified atom stereocenters. The van der Waals surface area contributed by atoms with E-state index in [1.165, 1.54) is 12.1 Å². The van der Waals surface area contributed by atoms with Crippen LogP contribution >= 0.6 is 23.2 Å². The van der Waals surface area contributed by atoms with Crippen molar-refractivity contribution in [3.63, 3.8) is 0 Å². The van der Waals surface area contributed by atoms with E-state index >= 15 is 0 Å². The van der Waals surface area contributed by atoms with Gasteiger partial charge < -0.3 is 10.4 Å². The molecular formula is C13H9Cl2NO2. The third-order valence-corrected chi connectivity index (χ3v) is 2.89. The van der Waals surface area contributed by atoms with Crippen molar-refractivity contribution in [2.75, 3.05) is 5.32 Å². The molecule has 3 nitrogen and oxygen atoms in total. The molecule has 0 fully saturated rings. The standard InChI is InChI=1S/C13H9Cl2NO2/c14-10-6-8(7-11(15)12(10)17)13(18)16-9-4-2-1-3-5-9/h1-7,17H,(H,16,18). The monoisotopic (exact) mass is 281 g/mol. The second-order valence-electron chi connectivity index (χ2n) is 3.61. The van der Waals surface area contributed by atoms with E-state index in [9.17, 15) is 9.90 Å². The zero-order valence-corrected chi connectivity index (χ0v) is 10.7. The number of benzene rings is 2. The van der Waals surface area contributed by atoms with Crippen LogP contribution in [0.5, 0.6) is 5.75 Å². The smallest absolute Gasteiger partial charge is 0.255 e. The number of amides is 1. The van der Waals surface area contributed by atoms with Gasteiger partial charge in [0, 0.05) is 11.3 Å². The number of aromatic hydroxyl groups is 1. The number of anilines is 1. The number of carbonyl (C=O) groups excluding carboxylic acids is 1. The fourth-order valence-corrected chi connectivity index (χ4v) is 1.91. The number of halogens is 2. The highest BCUT2D eigenvalue weighted by molar-refractivity contribution is 6.37. The number of hydrogen-bond donors (Lipinski definition) is 2. The second-order valence-corrected chi connectivity index (χ2v) is 4.42. The SMILES string of the molecule is O=C(Nc1ccccc1)c1cc(Cl)c(O)c(Cl)c1. The first kappa shape index (κ1) is 12.7. The number of rotatable bonds is 2. The van der Waals surface area contributed by atoms with Crippen molar-refractivity contribution in [3.05, 3.63) is 58.1 Å². The van der Waals surface area contributed by atoms with Crippen molar-refractivity contribution in [3.8, 4) is 5.75 Å². The van der Waals surface area contributed by atoms with Gasteiger partial charge in [-0.3, -0.25) is 4.79 Å². The summed E-state index contributed by atoms with van der Waals surface area (Å²) >= 11 is 11.5. The summed E-state index contributed by atoms with van der Waals surface area (Å²) in [5.74, 6) is -0.570. The fourth-order valence-electron chi connectivity index (χ4n) is 1.42. The molecule has 0 radical (unpaired) electrons. The average molecular weight is 282 g/mol. The molecule has 0 aromatic heterocycles. The average Bonchev–Trinajstić information content (AvgIpc) is 2.36. The maximum absolute atomic E-state index is 11.9. The lowest BCUT2D eigenvalue weighted by Crippen LogP contribution is -2.11. The highest BCUT2D eigenvalue weighted by Crippen LogP contribution is 2.32. The lowest BCUT2D eigenvalue weighted by atomic mass is 10.2. The summed E-state index contributed by atoms with van der Waals surface area (Å²) in [6.07, 6.45) is 0. The Morgan fingerprint density at radius 2 is 1.61 bits per heavy atom. The van der Waals surface area contributed by atoms with Crippen LogP contribution in [0.3, 0.4) is 0 Å². The third-order valence-electron chi connectivity index (χ3n) is 2.31. The molecule has 0 atom stereocenters. The zero-order valence-electron chi connectivity index (χ0n) is 9.15.